The number of halogens is 1. The van der Waals surface area contributed by atoms with Crippen molar-refractivity contribution in [2.75, 3.05) is 20.8 Å². The third kappa shape index (κ3) is 3.69. The molecule has 0 aliphatic carbocycles. The van der Waals surface area contributed by atoms with E-state index in [9.17, 15) is 4.39 Å². The van der Waals surface area contributed by atoms with E-state index in [1.165, 1.54) is 23.5 Å². The van der Waals surface area contributed by atoms with Crippen molar-refractivity contribution in [1.82, 2.24) is 24.6 Å². The van der Waals surface area contributed by atoms with Crippen LogP contribution in [0.2, 0.25) is 0 Å². The fourth-order valence-electron chi connectivity index (χ4n) is 4.14. The van der Waals surface area contributed by atoms with Crippen LogP contribution in [0.1, 0.15) is 29.9 Å². The highest BCUT2D eigenvalue weighted by molar-refractivity contribution is 7.21. The highest BCUT2D eigenvalue weighted by atomic mass is 32.1. The summed E-state index contributed by atoms with van der Waals surface area (Å²) in [6.07, 6.45) is 0. The molecule has 2 aromatic carbocycles. The number of benzene rings is 2. The van der Waals surface area contributed by atoms with Crippen molar-refractivity contribution in [2.45, 2.75) is 26.1 Å². The zero-order chi connectivity index (χ0) is 23.1. The Balaban J connectivity index is 1.43. The minimum atomic E-state index is -0.540. The predicted octanol–water partition coefficient (Wildman–Crippen LogP) is 4.16. The molecule has 0 fully saturated rings. The number of ether oxygens (including phenoxy) is 2. The van der Waals surface area contributed by atoms with Crippen LogP contribution in [0.5, 0.6) is 11.5 Å². The average molecular weight is 465 g/mol. The van der Waals surface area contributed by atoms with Crippen LogP contribution in [-0.2, 0) is 13.1 Å². The van der Waals surface area contributed by atoms with Gasteiger partial charge in [-0.1, -0.05) is 6.07 Å². The number of thiazole rings is 1. The molecule has 5 rings (SSSR count). The Morgan fingerprint density at radius 3 is 2.79 bits per heavy atom. The molecule has 0 amide bonds. The molecule has 8 nitrogen and oxygen atoms in total. The molecule has 2 aromatic heterocycles. The van der Waals surface area contributed by atoms with Crippen molar-refractivity contribution in [3.63, 3.8) is 0 Å². The summed E-state index contributed by atoms with van der Waals surface area (Å²) in [6, 6.07) is 10.6. The van der Waals surface area contributed by atoms with Gasteiger partial charge in [0.25, 0.3) is 0 Å². The molecular weight excluding hydrogens is 443 g/mol. The van der Waals surface area contributed by atoms with Crippen LogP contribution in [0.4, 0.5) is 4.39 Å². The first kappa shape index (κ1) is 21.3. The molecule has 1 atom stereocenters. The van der Waals surface area contributed by atoms with E-state index in [0.717, 1.165) is 29.4 Å². The molecule has 0 N–H and O–H groups in total. The summed E-state index contributed by atoms with van der Waals surface area (Å²) >= 11 is 1.35. The van der Waals surface area contributed by atoms with Crippen LogP contribution in [-0.4, -0.2) is 45.4 Å². The number of hydrogen-bond acceptors (Lipinski definition) is 8. The maximum absolute atomic E-state index is 14.0. The van der Waals surface area contributed by atoms with Crippen LogP contribution >= 0.6 is 11.3 Å². The van der Waals surface area contributed by atoms with Crippen LogP contribution in [0.25, 0.3) is 21.0 Å². The normalized spacial score (nSPS) is 15.9. The van der Waals surface area contributed by atoms with Gasteiger partial charge in [0.15, 0.2) is 16.7 Å². The van der Waals surface area contributed by atoms with Gasteiger partial charge in [0.1, 0.15) is 23.4 Å². The zero-order valence-electron chi connectivity index (χ0n) is 18.4. The Morgan fingerprint density at radius 2 is 2.03 bits per heavy atom. The maximum Gasteiger partial charge on any atom is 0.193 e. The van der Waals surface area contributed by atoms with Crippen LogP contribution in [0, 0.1) is 17.1 Å². The molecule has 1 aliphatic rings. The largest absolute Gasteiger partial charge is 0.497 e. The average Bonchev–Trinajstić information content (AvgIpc) is 3.44. The zero-order valence-corrected chi connectivity index (χ0v) is 19.2. The van der Waals surface area contributed by atoms with Crippen LogP contribution < -0.4 is 9.47 Å². The quantitative estimate of drug-likeness (QED) is 0.438. The number of aromatic nitrogens is 4. The number of nitriles is 1. The first-order chi connectivity index (χ1) is 16.0. The second-order valence-corrected chi connectivity index (χ2v) is 8.82. The van der Waals surface area contributed by atoms with Crippen molar-refractivity contribution in [2.24, 2.45) is 0 Å². The van der Waals surface area contributed by atoms with E-state index in [0.29, 0.717) is 34.1 Å². The van der Waals surface area contributed by atoms with E-state index < -0.39 is 5.82 Å². The predicted molar refractivity (Wildman–Crippen MR) is 122 cm³/mol. The number of methoxy groups -OCH3 is 2. The van der Waals surface area contributed by atoms with Crippen LogP contribution in [0.3, 0.4) is 0 Å². The SMILES string of the molecule is COc1ccc(CN2CCn3c(-c4nc5cc(C#N)c(F)cc5s4)nnc3[C@H]2C)c(OC)c1. The Morgan fingerprint density at radius 1 is 1.18 bits per heavy atom. The number of nitrogens with zero attached hydrogens (tertiary/aromatic N) is 6. The molecule has 0 radical (unpaired) electrons. The van der Waals surface area contributed by atoms with E-state index in [1.54, 1.807) is 14.2 Å². The Hall–Kier alpha value is -3.55. The highest BCUT2D eigenvalue weighted by Gasteiger charge is 2.30. The number of fused-ring (bicyclic) bond motifs is 2. The fraction of sp³-hybridized carbons (Fsp3) is 0.304. The summed E-state index contributed by atoms with van der Waals surface area (Å²) in [5, 5.41) is 18.6. The molecule has 1 aliphatic heterocycles. The molecule has 3 heterocycles. The lowest BCUT2D eigenvalue weighted by Gasteiger charge is -2.33. The van der Waals surface area contributed by atoms with Gasteiger partial charge < -0.3 is 14.0 Å². The third-order valence-electron chi connectivity index (χ3n) is 5.97. The number of rotatable bonds is 5. The van der Waals surface area contributed by atoms with E-state index in [1.807, 2.05) is 24.3 Å². The molecule has 0 bridgehead atoms. The molecule has 0 saturated carbocycles. The summed E-state index contributed by atoms with van der Waals surface area (Å²) < 4.78 is 27.6. The molecule has 4 aromatic rings. The molecule has 0 unspecified atom stereocenters. The van der Waals surface area contributed by atoms with Gasteiger partial charge in [-0.3, -0.25) is 4.90 Å². The lowest BCUT2D eigenvalue weighted by Crippen LogP contribution is -2.36. The Bertz CT molecular complexity index is 1390. The minimum absolute atomic E-state index is 0.0131. The monoisotopic (exact) mass is 464 g/mol. The fourth-order valence-corrected chi connectivity index (χ4v) is 5.10. The molecular formula is C23H21FN6O2S. The number of hydrogen-bond donors (Lipinski definition) is 0. The van der Waals surface area contributed by atoms with E-state index in [2.05, 4.69) is 31.6 Å². The van der Waals surface area contributed by atoms with Gasteiger partial charge in [0.2, 0.25) is 0 Å². The van der Waals surface area contributed by atoms with Gasteiger partial charge in [-0.2, -0.15) is 5.26 Å². The van der Waals surface area contributed by atoms with Crippen molar-refractivity contribution < 1.29 is 13.9 Å². The Kier molecular flexibility index (Phi) is 5.44. The lowest BCUT2D eigenvalue weighted by molar-refractivity contribution is 0.155. The van der Waals surface area contributed by atoms with Crippen molar-refractivity contribution in [3.8, 4) is 28.4 Å². The van der Waals surface area contributed by atoms with Gasteiger partial charge in [0.05, 0.1) is 36.0 Å². The van der Waals surface area contributed by atoms with Crippen molar-refractivity contribution in [1.29, 1.82) is 5.26 Å². The maximum atomic E-state index is 14.0. The second kappa shape index (κ2) is 8.42. The Labute approximate surface area is 193 Å². The van der Waals surface area contributed by atoms with Crippen molar-refractivity contribution in [3.05, 3.63) is 53.1 Å². The van der Waals surface area contributed by atoms with E-state index in [4.69, 9.17) is 14.7 Å². The summed E-state index contributed by atoms with van der Waals surface area (Å²) in [7, 11) is 3.29. The van der Waals surface area contributed by atoms with Gasteiger partial charge in [0, 0.05) is 31.3 Å². The van der Waals surface area contributed by atoms with Gasteiger partial charge in [-0.15, -0.1) is 21.5 Å². The molecule has 0 saturated heterocycles. The highest BCUT2D eigenvalue weighted by Crippen LogP contribution is 2.35. The molecule has 0 spiro atoms. The summed E-state index contributed by atoms with van der Waals surface area (Å²) in [4.78, 5) is 6.92. The molecule has 10 heteroatoms. The second-order valence-electron chi connectivity index (χ2n) is 7.79. The van der Waals surface area contributed by atoms with Gasteiger partial charge in [-0.05, 0) is 25.1 Å². The first-order valence-corrected chi connectivity index (χ1v) is 11.2. The summed E-state index contributed by atoms with van der Waals surface area (Å²) in [5.41, 5.74) is 1.64. The minimum Gasteiger partial charge on any atom is -0.497 e. The van der Waals surface area contributed by atoms with Gasteiger partial charge >= 0.3 is 0 Å². The molecule has 33 heavy (non-hydrogen) atoms. The van der Waals surface area contributed by atoms with Crippen molar-refractivity contribution >= 4 is 21.6 Å². The topological polar surface area (TPSA) is 89.1 Å². The van der Waals surface area contributed by atoms with Gasteiger partial charge in [-0.25, -0.2) is 9.37 Å². The van der Waals surface area contributed by atoms with Crippen LogP contribution in [0.15, 0.2) is 30.3 Å². The standard InChI is InChI=1S/C23H21FN6O2S/c1-13-21-27-28-22(23-26-18-8-15(11-25)17(24)10-20(18)33-23)30(21)7-6-29(13)12-14-4-5-16(31-2)9-19(14)32-3/h4-5,8-10,13H,6-7,12H2,1-3H3/t13-/m1/s1. The van der Waals surface area contributed by atoms with E-state index >= 15 is 0 Å². The smallest absolute Gasteiger partial charge is 0.193 e. The molecule has 168 valence electrons. The summed E-state index contributed by atoms with van der Waals surface area (Å²) in [6.45, 7) is 4.31. The summed E-state index contributed by atoms with van der Waals surface area (Å²) in [5.74, 6) is 2.52. The lowest BCUT2D eigenvalue weighted by atomic mass is 10.1. The first-order valence-electron chi connectivity index (χ1n) is 10.4. The van der Waals surface area contributed by atoms with E-state index in [-0.39, 0.29) is 11.6 Å². The third-order valence-corrected chi connectivity index (χ3v) is 6.98.